The van der Waals surface area contributed by atoms with Crippen LogP contribution in [-0.4, -0.2) is 9.65 Å². The fourth-order valence-corrected chi connectivity index (χ4v) is 5.95. The number of rotatable bonds is 0. The van der Waals surface area contributed by atoms with Crippen molar-refractivity contribution in [2.45, 2.75) is 16.1 Å². The van der Waals surface area contributed by atoms with Gasteiger partial charge in [0, 0.05) is 9.65 Å². The molecule has 4 bridgehead atoms. The summed E-state index contributed by atoms with van der Waals surface area (Å²) in [7, 11) is 0. The molecule has 4 rings (SSSR count). The second kappa shape index (κ2) is 1.42. The maximum Gasteiger partial charge on any atom is 0.0219 e. The molecule has 0 N–H and O–H groups in total. The maximum absolute atomic E-state index is 3.76. The highest BCUT2D eigenvalue weighted by atomic mass is 79.9. The van der Waals surface area contributed by atoms with Crippen molar-refractivity contribution in [3.05, 3.63) is 0 Å². The number of halogens is 2. The third-order valence-electron chi connectivity index (χ3n) is 3.39. The molecule has 0 saturated heterocycles. The van der Waals surface area contributed by atoms with Gasteiger partial charge in [-0.15, -0.1) is 0 Å². The van der Waals surface area contributed by atoms with Crippen LogP contribution < -0.4 is 0 Å². The van der Waals surface area contributed by atoms with Gasteiger partial charge in [0.25, 0.3) is 0 Å². The van der Waals surface area contributed by atoms with Crippen LogP contribution in [0.4, 0.5) is 0 Å². The van der Waals surface area contributed by atoms with Crippen molar-refractivity contribution in [3.8, 4) is 0 Å². The predicted molar refractivity (Wildman–Crippen MR) is 44.0 cm³/mol. The molecule has 6 atom stereocenters. The molecule has 4 saturated carbocycles. The molecular formula is C7H8Br2. The van der Waals surface area contributed by atoms with E-state index in [2.05, 4.69) is 31.9 Å². The van der Waals surface area contributed by atoms with Crippen molar-refractivity contribution < 1.29 is 0 Å². The first-order chi connectivity index (χ1) is 4.30. The van der Waals surface area contributed by atoms with Crippen LogP contribution in [0.1, 0.15) is 6.42 Å². The zero-order valence-electron chi connectivity index (χ0n) is 4.93. The van der Waals surface area contributed by atoms with E-state index in [1.807, 2.05) is 0 Å². The molecule has 50 valence electrons. The number of alkyl halides is 2. The first-order valence-electron chi connectivity index (χ1n) is 3.59. The third kappa shape index (κ3) is 0.453. The SMILES string of the molecule is Br[C@H]1C2C3CC1[C@H](Br)[C@@H]32. The Kier molecular flexibility index (Phi) is 0.885. The highest BCUT2D eigenvalue weighted by Gasteiger charge is 2.72. The van der Waals surface area contributed by atoms with Gasteiger partial charge in [-0.25, -0.2) is 0 Å². The van der Waals surface area contributed by atoms with E-state index in [9.17, 15) is 0 Å². The second-order valence-electron chi connectivity index (χ2n) is 3.61. The van der Waals surface area contributed by atoms with Crippen LogP contribution in [0, 0.1) is 23.7 Å². The van der Waals surface area contributed by atoms with Crippen molar-refractivity contribution in [1.29, 1.82) is 0 Å². The minimum absolute atomic E-state index is 0.872. The first-order valence-corrected chi connectivity index (χ1v) is 5.42. The average Bonchev–Trinajstić information content (AvgIpc) is 2.18. The maximum atomic E-state index is 3.76. The Morgan fingerprint density at radius 3 is 1.56 bits per heavy atom. The highest BCUT2D eigenvalue weighted by molar-refractivity contribution is 9.10. The van der Waals surface area contributed by atoms with Gasteiger partial charge in [0.05, 0.1) is 0 Å². The van der Waals surface area contributed by atoms with E-state index in [-0.39, 0.29) is 0 Å². The van der Waals surface area contributed by atoms with Gasteiger partial charge >= 0.3 is 0 Å². The molecule has 3 unspecified atom stereocenters. The van der Waals surface area contributed by atoms with E-state index in [1.54, 1.807) is 0 Å². The Balaban J connectivity index is 2.07. The molecule has 4 aliphatic rings. The minimum Gasteiger partial charge on any atom is -0.0884 e. The molecule has 9 heavy (non-hydrogen) atoms. The van der Waals surface area contributed by atoms with Gasteiger partial charge < -0.3 is 0 Å². The molecule has 2 heteroatoms. The number of hydrogen-bond donors (Lipinski definition) is 0. The zero-order chi connectivity index (χ0) is 6.17. The van der Waals surface area contributed by atoms with Crippen molar-refractivity contribution in [2.75, 3.05) is 0 Å². The lowest BCUT2D eigenvalue weighted by molar-refractivity contribution is 0.638. The van der Waals surface area contributed by atoms with Crippen molar-refractivity contribution in [3.63, 3.8) is 0 Å². The summed E-state index contributed by atoms with van der Waals surface area (Å²) in [5, 5.41) is 0. The predicted octanol–water partition coefficient (Wildman–Crippen LogP) is 2.41. The van der Waals surface area contributed by atoms with Gasteiger partial charge in [-0.3, -0.25) is 0 Å². The van der Waals surface area contributed by atoms with Gasteiger partial charge in [-0.1, -0.05) is 31.9 Å². The molecule has 0 nitrogen and oxygen atoms in total. The third-order valence-corrected chi connectivity index (χ3v) is 5.97. The first kappa shape index (κ1) is 5.59. The monoisotopic (exact) mass is 250 g/mol. The lowest BCUT2D eigenvalue weighted by Crippen LogP contribution is -2.09. The van der Waals surface area contributed by atoms with Crippen LogP contribution in [0.2, 0.25) is 0 Å². The summed E-state index contributed by atoms with van der Waals surface area (Å²) in [4.78, 5) is 1.74. The molecule has 4 aliphatic carbocycles. The Morgan fingerprint density at radius 1 is 0.889 bits per heavy atom. The van der Waals surface area contributed by atoms with E-state index in [0.29, 0.717) is 0 Å². The van der Waals surface area contributed by atoms with Gasteiger partial charge in [0.15, 0.2) is 0 Å². The Hall–Kier alpha value is 0.960. The summed E-state index contributed by atoms with van der Waals surface area (Å²) >= 11 is 7.53. The molecule has 0 heterocycles. The quantitative estimate of drug-likeness (QED) is 0.580. The molecule has 0 aromatic heterocycles. The van der Waals surface area contributed by atoms with Crippen LogP contribution in [0.5, 0.6) is 0 Å². The van der Waals surface area contributed by atoms with Crippen molar-refractivity contribution in [1.82, 2.24) is 0 Å². The molecule has 0 radical (unpaired) electrons. The Bertz CT molecular complexity index is 148. The van der Waals surface area contributed by atoms with Crippen LogP contribution in [0.15, 0.2) is 0 Å². The summed E-state index contributed by atoms with van der Waals surface area (Å²) in [6.07, 6.45) is 1.50. The molecule has 0 spiro atoms. The second-order valence-corrected chi connectivity index (χ2v) is 5.72. The van der Waals surface area contributed by atoms with E-state index in [4.69, 9.17) is 0 Å². The molecule has 0 aliphatic heterocycles. The van der Waals surface area contributed by atoms with E-state index in [0.717, 1.165) is 33.3 Å². The minimum atomic E-state index is 0.872. The number of hydrogen-bond acceptors (Lipinski definition) is 0. The summed E-state index contributed by atoms with van der Waals surface area (Å²) in [6, 6.07) is 0. The van der Waals surface area contributed by atoms with Crippen molar-refractivity contribution >= 4 is 31.9 Å². The average molecular weight is 252 g/mol. The lowest BCUT2D eigenvalue weighted by Gasteiger charge is -2.08. The van der Waals surface area contributed by atoms with E-state index in [1.165, 1.54) is 6.42 Å². The van der Waals surface area contributed by atoms with E-state index < -0.39 is 0 Å². The lowest BCUT2D eigenvalue weighted by atomic mass is 10.1. The van der Waals surface area contributed by atoms with Crippen LogP contribution >= 0.6 is 31.9 Å². The highest BCUT2D eigenvalue weighted by Crippen LogP contribution is 2.74. The van der Waals surface area contributed by atoms with Crippen molar-refractivity contribution in [2.24, 2.45) is 23.7 Å². The Morgan fingerprint density at radius 2 is 1.44 bits per heavy atom. The summed E-state index contributed by atoms with van der Waals surface area (Å²) in [5.74, 6) is 4.23. The summed E-state index contributed by atoms with van der Waals surface area (Å²) in [5.41, 5.74) is 0. The van der Waals surface area contributed by atoms with Gasteiger partial charge in [-0.05, 0) is 30.1 Å². The van der Waals surface area contributed by atoms with Crippen LogP contribution in [0.25, 0.3) is 0 Å². The summed E-state index contributed by atoms with van der Waals surface area (Å²) in [6.45, 7) is 0. The standard InChI is InChI=1S/C7H8Br2/c8-6-3-1-2-4(6)5(2)7(3)9/h2-7H,1H2/t2?,3?,4-,5?,6-,7+/m0/s1. The molecule has 0 aromatic rings. The molecule has 0 aromatic carbocycles. The van der Waals surface area contributed by atoms with Crippen LogP contribution in [-0.2, 0) is 0 Å². The smallest absolute Gasteiger partial charge is 0.0219 e. The topological polar surface area (TPSA) is 0 Å². The Labute approximate surface area is 71.6 Å². The van der Waals surface area contributed by atoms with Gasteiger partial charge in [-0.2, -0.15) is 0 Å². The van der Waals surface area contributed by atoms with E-state index >= 15 is 0 Å². The molecule has 4 fully saturated rings. The molecular weight excluding hydrogens is 244 g/mol. The fourth-order valence-electron chi connectivity index (χ4n) is 2.96. The fraction of sp³-hybridized carbons (Fsp3) is 1.00. The zero-order valence-corrected chi connectivity index (χ0v) is 8.10. The van der Waals surface area contributed by atoms with Gasteiger partial charge in [0.1, 0.15) is 0 Å². The molecule has 0 amide bonds. The summed E-state index contributed by atoms with van der Waals surface area (Å²) < 4.78 is 0. The largest absolute Gasteiger partial charge is 0.0884 e. The van der Waals surface area contributed by atoms with Gasteiger partial charge in [0.2, 0.25) is 0 Å². The normalized spacial score (nSPS) is 75.3. The van der Waals surface area contributed by atoms with Crippen LogP contribution in [0.3, 0.4) is 0 Å².